The number of pyridine rings is 2. The van der Waals surface area contributed by atoms with E-state index >= 15 is 0 Å². The van der Waals surface area contributed by atoms with E-state index in [2.05, 4.69) is 49.0 Å². The molecule has 0 amide bonds. The number of azide groups is 1. The van der Waals surface area contributed by atoms with E-state index in [1.165, 1.54) is 0 Å². The molecule has 3 aromatic heterocycles. The van der Waals surface area contributed by atoms with Gasteiger partial charge >= 0.3 is 0 Å². The zero-order chi connectivity index (χ0) is 19.5. The lowest BCUT2D eigenvalue weighted by atomic mass is 10.1. The number of nitrogens with zero attached hydrogens (tertiary/aromatic N) is 8. The topological polar surface area (TPSA) is 140 Å². The van der Waals surface area contributed by atoms with Crippen molar-refractivity contribution in [1.82, 2.24) is 25.1 Å². The van der Waals surface area contributed by atoms with Crippen LogP contribution in [0.25, 0.3) is 33.2 Å². The molecule has 0 fully saturated rings. The van der Waals surface area contributed by atoms with E-state index in [4.69, 9.17) is 10.8 Å². The predicted octanol–water partition coefficient (Wildman–Crippen LogP) is 4.14. The van der Waals surface area contributed by atoms with Crippen molar-refractivity contribution in [2.45, 2.75) is 20.3 Å². The van der Waals surface area contributed by atoms with Crippen molar-refractivity contribution in [3.8, 4) is 28.8 Å². The SMILES string of the molecule is CC(C)CCN=[N+]=[N-].N#Cc1cc(-c2n[nH]c(-c3ccncc3)n2)ccn1. The van der Waals surface area contributed by atoms with Crippen LogP contribution < -0.4 is 0 Å². The van der Waals surface area contributed by atoms with Crippen LogP contribution >= 0.6 is 0 Å². The molecule has 27 heavy (non-hydrogen) atoms. The summed E-state index contributed by atoms with van der Waals surface area (Å²) in [5.41, 5.74) is 9.84. The highest BCUT2D eigenvalue weighted by Crippen LogP contribution is 2.19. The van der Waals surface area contributed by atoms with Crippen molar-refractivity contribution in [3.63, 3.8) is 0 Å². The molecule has 1 N–H and O–H groups in total. The summed E-state index contributed by atoms with van der Waals surface area (Å²) in [7, 11) is 0. The average molecular weight is 361 g/mol. The van der Waals surface area contributed by atoms with Gasteiger partial charge in [0.25, 0.3) is 0 Å². The number of aromatic nitrogens is 5. The molecule has 0 aliphatic rings. The van der Waals surface area contributed by atoms with Crippen molar-refractivity contribution in [2.75, 3.05) is 6.54 Å². The van der Waals surface area contributed by atoms with E-state index in [0.717, 1.165) is 17.5 Å². The number of aromatic amines is 1. The van der Waals surface area contributed by atoms with Gasteiger partial charge in [-0.15, -0.1) is 0 Å². The smallest absolute Gasteiger partial charge is 0.181 e. The highest BCUT2D eigenvalue weighted by atomic mass is 15.2. The van der Waals surface area contributed by atoms with Crippen LogP contribution in [0.15, 0.2) is 48.0 Å². The van der Waals surface area contributed by atoms with Gasteiger partial charge in [0.2, 0.25) is 0 Å². The molecule has 3 heterocycles. The van der Waals surface area contributed by atoms with Gasteiger partial charge in [-0.05, 0) is 42.1 Å². The Bertz CT molecular complexity index is 935. The van der Waals surface area contributed by atoms with Crippen molar-refractivity contribution in [2.24, 2.45) is 11.0 Å². The maximum atomic E-state index is 8.82. The second-order valence-electron chi connectivity index (χ2n) is 5.92. The predicted molar refractivity (Wildman–Crippen MR) is 101 cm³/mol. The molecule has 0 saturated carbocycles. The van der Waals surface area contributed by atoms with E-state index in [0.29, 0.717) is 29.8 Å². The zero-order valence-corrected chi connectivity index (χ0v) is 15.1. The molecule has 0 saturated heterocycles. The van der Waals surface area contributed by atoms with Gasteiger partial charge in [-0.3, -0.25) is 10.1 Å². The quantitative estimate of drug-likeness (QED) is 0.413. The number of rotatable bonds is 5. The number of H-pyrrole nitrogens is 1. The average Bonchev–Trinajstić information content (AvgIpc) is 3.19. The normalized spacial score (nSPS) is 9.70. The van der Waals surface area contributed by atoms with Crippen LogP contribution in [0.3, 0.4) is 0 Å². The van der Waals surface area contributed by atoms with Gasteiger partial charge in [0, 0.05) is 41.2 Å². The van der Waals surface area contributed by atoms with E-state index in [-0.39, 0.29) is 0 Å². The van der Waals surface area contributed by atoms with Crippen molar-refractivity contribution >= 4 is 0 Å². The first kappa shape index (κ1) is 19.6. The summed E-state index contributed by atoms with van der Waals surface area (Å²) in [6, 6.07) is 9.10. The molecular weight excluding hydrogens is 342 g/mol. The molecule has 9 heteroatoms. The number of nitriles is 1. The fourth-order valence-electron chi connectivity index (χ4n) is 2.02. The first-order chi connectivity index (χ1) is 13.1. The number of nitrogens with one attached hydrogen (secondary N) is 1. The third-order valence-electron chi connectivity index (χ3n) is 3.44. The summed E-state index contributed by atoms with van der Waals surface area (Å²) < 4.78 is 0. The molecule has 0 atom stereocenters. The summed E-state index contributed by atoms with van der Waals surface area (Å²) in [5.74, 6) is 1.83. The molecule has 9 nitrogen and oxygen atoms in total. The van der Waals surface area contributed by atoms with Gasteiger partial charge in [0.15, 0.2) is 11.6 Å². The van der Waals surface area contributed by atoms with E-state index in [1.54, 1.807) is 30.7 Å². The van der Waals surface area contributed by atoms with Crippen LogP contribution in [-0.2, 0) is 0 Å². The van der Waals surface area contributed by atoms with Crippen molar-refractivity contribution in [3.05, 3.63) is 59.0 Å². The fraction of sp³-hybridized carbons (Fsp3) is 0.278. The van der Waals surface area contributed by atoms with Gasteiger partial charge < -0.3 is 0 Å². The first-order valence-electron chi connectivity index (χ1n) is 8.34. The Kier molecular flexibility index (Phi) is 7.45. The second-order valence-corrected chi connectivity index (χ2v) is 5.92. The largest absolute Gasteiger partial charge is 0.265 e. The summed E-state index contributed by atoms with van der Waals surface area (Å²) >= 11 is 0. The number of hydrogen-bond acceptors (Lipinski definition) is 6. The van der Waals surface area contributed by atoms with Gasteiger partial charge in [-0.1, -0.05) is 19.0 Å². The molecule has 0 aliphatic heterocycles. The number of hydrogen-bond donors (Lipinski definition) is 1. The Labute approximate surface area is 156 Å². The molecule has 0 bridgehead atoms. The maximum Gasteiger partial charge on any atom is 0.181 e. The highest BCUT2D eigenvalue weighted by Gasteiger charge is 2.08. The Balaban J connectivity index is 0.000000279. The lowest BCUT2D eigenvalue weighted by Crippen LogP contribution is -1.88. The summed E-state index contributed by atoms with van der Waals surface area (Å²) in [5, 5.41) is 19.2. The zero-order valence-electron chi connectivity index (χ0n) is 15.1. The Morgan fingerprint density at radius 3 is 2.63 bits per heavy atom. The minimum Gasteiger partial charge on any atom is -0.265 e. The Morgan fingerprint density at radius 2 is 1.96 bits per heavy atom. The third kappa shape index (κ3) is 6.23. The lowest BCUT2D eigenvalue weighted by molar-refractivity contribution is 0.595. The summed E-state index contributed by atoms with van der Waals surface area (Å²) in [6.07, 6.45) is 5.94. The standard InChI is InChI=1S/C13H8N6.C5H11N3/c14-8-11-7-10(3-6-16-11)13-17-12(18-19-13)9-1-4-15-5-2-9;1-5(2)3-4-7-8-6/h1-7H,(H,17,18,19);5H,3-4H2,1-2H3. The summed E-state index contributed by atoms with van der Waals surface area (Å²) in [6.45, 7) is 4.84. The fourth-order valence-corrected chi connectivity index (χ4v) is 2.02. The molecule has 0 aromatic carbocycles. The highest BCUT2D eigenvalue weighted by molar-refractivity contribution is 5.61. The molecule has 0 spiro atoms. The van der Waals surface area contributed by atoms with Crippen LogP contribution in [0.4, 0.5) is 0 Å². The molecular formula is C18H19N9. The van der Waals surface area contributed by atoms with Crippen LogP contribution in [0.5, 0.6) is 0 Å². The maximum absolute atomic E-state index is 8.82. The molecule has 0 radical (unpaired) electrons. The van der Waals surface area contributed by atoms with E-state index in [1.807, 2.05) is 18.2 Å². The first-order valence-corrected chi connectivity index (χ1v) is 8.34. The molecule has 0 unspecified atom stereocenters. The van der Waals surface area contributed by atoms with Crippen LogP contribution in [-0.4, -0.2) is 31.7 Å². The monoisotopic (exact) mass is 361 g/mol. The lowest BCUT2D eigenvalue weighted by Gasteiger charge is -1.96. The van der Waals surface area contributed by atoms with Gasteiger partial charge in [-0.2, -0.15) is 10.4 Å². The van der Waals surface area contributed by atoms with E-state index in [9.17, 15) is 0 Å². The van der Waals surface area contributed by atoms with Crippen LogP contribution in [0, 0.1) is 17.2 Å². The van der Waals surface area contributed by atoms with Gasteiger partial charge in [0.05, 0.1) is 0 Å². The van der Waals surface area contributed by atoms with E-state index < -0.39 is 0 Å². The third-order valence-corrected chi connectivity index (χ3v) is 3.44. The van der Waals surface area contributed by atoms with Crippen molar-refractivity contribution in [1.29, 1.82) is 5.26 Å². The minimum absolute atomic E-state index is 0.341. The minimum atomic E-state index is 0.341. The second kappa shape index (κ2) is 10.3. The molecule has 0 aliphatic carbocycles. The Morgan fingerprint density at radius 1 is 1.22 bits per heavy atom. The summed E-state index contributed by atoms with van der Waals surface area (Å²) in [4.78, 5) is 14.9. The van der Waals surface area contributed by atoms with Crippen molar-refractivity contribution < 1.29 is 0 Å². The molecule has 3 rings (SSSR count). The van der Waals surface area contributed by atoms with Crippen LogP contribution in [0.1, 0.15) is 26.0 Å². The van der Waals surface area contributed by atoms with Crippen LogP contribution in [0.2, 0.25) is 0 Å². The molecule has 136 valence electrons. The van der Waals surface area contributed by atoms with Gasteiger partial charge in [0.1, 0.15) is 11.8 Å². The molecule has 3 aromatic rings. The Hall–Kier alpha value is -3.76. The van der Waals surface area contributed by atoms with Gasteiger partial charge in [-0.25, -0.2) is 9.97 Å².